The highest BCUT2D eigenvalue weighted by Crippen LogP contribution is 2.27. The Hall–Kier alpha value is -2.12. The van der Waals surface area contributed by atoms with E-state index < -0.39 is 0 Å². The predicted octanol–water partition coefficient (Wildman–Crippen LogP) is 2.03. The minimum Gasteiger partial charge on any atom is -0.395 e. The van der Waals surface area contributed by atoms with Gasteiger partial charge in [-0.3, -0.25) is 14.5 Å². The van der Waals surface area contributed by atoms with E-state index in [-0.39, 0.29) is 18.4 Å². The van der Waals surface area contributed by atoms with Crippen LogP contribution in [0.25, 0.3) is 0 Å². The number of imide groups is 1. The van der Waals surface area contributed by atoms with Crippen LogP contribution in [0.2, 0.25) is 0 Å². The van der Waals surface area contributed by atoms with Crippen molar-refractivity contribution in [2.75, 3.05) is 11.5 Å². The molecule has 21 heavy (non-hydrogen) atoms. The Balaban J connectivity index is 2.34. The van der Waals surface area contributed by atoms with E-state index in [9.17, 15) is 9.59 Å². The van der Waals surface area contributed by atoms with Gasteiger partial charge in [0.2, 0.25) is 11.8 Å². The van der Waals surface area contributed by atoms with Gasteiger partial charge in [-0.05, 0) is 36.6 Å². The Labute approximate surface area is 124 Å². The molecule has 0 unspecified atom stereocenters. The van der Waals surface area contributed by atoms with Crippen molar-refractivity contribution >= 4 is 17.5 Å². The first kappa shape index (κ1) is 15.3. The molecule has 0 aliphatic carbocycles. The van der Waals surface area contributed by atoms with Crippen LogP contribution in [0.1, 0.15) is 43.7 Å². The second-order valence-corrected chi connectivity index (χ2v) is 4.95. The summed E-state index contributed by atoms with van der Waals surface area (Å²) >= 11 is 0. The Kier molecular flexibility index (Phi) is 5.13. The van der Waals surface area contributed by atoms with E-state index in [1.54, 1.807) is 6.07 Å². The predicted molar refractivity (Wildman–Crippen MR) is 80.7 cm³/mol. The van der Waals surface area contributed by atoms with Gasteiger partial charge in [0, 0.05) is 24.8 Å². The second-order valence-electron chi connectivity index (χ2n) is 4.95. The van der Waals surface area contributed by atoms with Gasteiger partial charge in [-0.1, -0.05) is 18.8 Å². The summed E-state index contributed by atoms with van der Waals surface area (Å²) in [5.74, 6) is 5.60. The minimum absolute atomic E-state index is 0.0441. The molecule has 1 heterocycles. The van der Waals surface area contributed by atoms with E-state index in [4.69, 9.17) is 5.11 Å². The molecule has 2 rings (SSSR count). The fourth-order valence-corrected chi connectivity index (χ4v) is 2.41. The topological polar surface area (TPSA) is 57.6 Å². The van der Waals surface area contributed by atoms with Gasteiger partial charge >= 0.3 is 0 Å². The van der Waals surface area contributed by atoms with Crippen molar-refractivity contribution in [3.8, 4) is 11.8 Å². The summed E-state index contributed by atoms with van der Waals surface area (Å²) in [7, 11) is 0. The lowest BCUT2D eigenvalue weighted by atomic mass is 10.0. The number of aryl methyl sites for hydroxylation is 1. The zero-order valence-electron chi connectivity index (χ0n) is 12.2. The Morgan fingerprint density at radius 2 is 1.95 bits per heavy atom. The van der Waals surface area contributed by atoms with Gasteiger partial charge in [0.25, 0.3) is 0 Å². The van der Waals surface area contributed by atoms with E-state index in [0.717, 1.165) is 17.5 Å². The number of benzene rings is 1. The highest BCUT2D eigenvalue weighted by molar-refractivity contribution is 6.16. The first-order valence-electron chi connectivity index (χ1n) is 7.25. The number of anilines is 1. The molecule has 1 N–H and O–H groups in total. The number of carbonyl (C=O) groups is 2. The van der Waals surface area contributed by atoms with Crippen molar-refractivity contribution in [2.24, 2.45) is 0 Å². The number of aliphatic hydroxyl groups is 1. The van der Waals surface area contributed by atoms with Gasteiger partial charge < -0.3 is 5.11 Å². The van der Waals surface area contributed by atoms with Crippen molar-refractivity contribution in [3.05, 3.63) is 29.3 Å². The monoisotopic (exact) mass is 285 g/mol. The number of hydrogen-bond donors (Lipinski definition) is 1. The Bertz CT molecular complexity index is 594. The number of rotatable bonds is 3. The average molecular weight is 285 g/mol. The normalized spacial score (nSPS) is 14.9. The number of amides is 2. The summed E-state index contributed by atoms with van der Waals surface area (Å²) in [6, 6.07) is 5.52. The average Bonchev–Trinajstić information content (AvgIpc) is 2.48. The number of piperidine rings is 1. The number of carbonyl (C=O) groups excluding carboxylic acids is 2. The summed E-state index contributed by atoms with van der Waals surface area (Å²) in [6.07, 6.45) is 2.65. The van der Waals surface area contributed by atoms with E-state index >= 15 is 0 Å². The summed E-state index contributed by atoms with van der Waals surface area (Å²) in [6.45, 7) is 2.03. The zero-order valence-corrected chi connectivity index (χ0v) is 12.2. The van der Waals surface area contributed by atoms with Gasteiger partial charge in [0.15, 0.2) is 0 Å². The van der Waals surface area contributed by atoms with Crippen LogP contribution in [0.5, 0.6) is 0 Å². The van der Waals surface area contributed by atoms with Crippen molar-refractivity contribution in [1.29, 1.82) is 0 Å². The first-order valence-corrected chi connectivity index (χ1v) is 7.25. The maximum absolute atomic E-state index is 12.0. The SMILES string of the molecule is CCc1cc(C#CCCO)ccc1N1C(=O)CCCC1=O. The van der Waals surface area contributed by atoms with Crippen LogP contribution in [-0.4, -0.2) is 23.5 Å². The van der Waals surface area contributed by atoms with Gasteiger partial charge in [0.1, 0.15) is 0 Å². The molecule has 0 bridgehead atoms. The minimum atomic E-state index is -0.125. The van der Waals surface area contributed by atoms with Crippen LogP contribution in [0, 0.1) is 11.8 Å². The lowest BCUT2D eigenvalue weighted by Crippen LogP contribution is -2.40. The summed E-state index contributed by atoms with van der Waals surface area (Å²) in [5, 5.41) is 8.73. The molecule has 1 aromatic carbocycles. The third-order valence-corrected chi connectivity index (χ3v) is 3.45. The molecule has 1 saturated heterocycles. The van der Waals surface area contributed by atoms with Crippen LogP contribution < -0.4 is 4.90 Å². The molecule has 0 aromatic heterocycles. The van der Waals surface area contributed by atoms with Crippen LogP contribution in [0.15, 0.2) is 18.2 Å². The van der Waals surface area contributed by atoms with E-state index in [1.165, 1.54) is 4.90 Å². The quantitative estimate of drug-likeness (QED) is 0.683. The summed E-state index contributed by atoms with van der Waals surface area (Å²) in [4.78, 5) is 25.3. The molecule has 1 fully saturated rings. The number of hydrogen-bond acceptors (Lipinski definition) is 3. The largest absolute Gasteiger partial charge is 0.395 e. The van der Waals surface area contributed by atoms with E-state index in [0.29, 0.717) is 31.4 Å². The summed E-state index contributed by atoms with van der Waals surface area (Å²) < 4.78 is 0. The second kappa shape index (κ2) is 7.05. The zero-order chi connectivity index (χ0) is 15.2. The third kappa shape index (κ3) is 3.50. The maximum atomic E-state index is 12.0. The highest BCUT2D eigenvalue weighted by atomic mass is 16.2. The first-order chi connectivity index (χ1) is 10.2. The molecule has 4 nitrogen and oxygen atoms in total. The molecular weight excluding hydrogens is 266 g/mol. The van der Waals surface area contributed by atoms with Crippen LogP contribution in [0.3, 0.4) is 0 Å². The lowest BCUT2D eigenvalue weighted by molar-refractivity contribution is -0.129. The number of nitrogens with zero attached hydrogens (tertiary/aromatic N) is 1. The van der Waals surface area contributed by atoms with Crippen LogP contribution in [0.4, 0.5) is 5.69 Å². The van der Waals surface area contributed by atoms with E-state index in [1.807, 2.05) is 19.1 Å². The molecule has 1 aromatic rings. The molecule has 4 heteroatoms. The molecule has 1 aliphatic rings. The molecule has 0 radical (unpaired) electrons. The molecule has 0 saturated carbocycles. The third-order valence-electron chi connectivity index (χ3n) is 3.45. The van der Waals surface area contributed by atoms with Crippen molar-refractivity contribution in [2.45, 2.75) is 39.0 Å². The van der Waals surface area contributed by atoms with Crippen molar-refractivity contribution in [3.63, 3.8) is 0 Å². The smallest absolute Gasteiger partial charge is 0.233 e. The fourth-order valence-electron chi connectivity index (χ4n) is 2.41. The Morgan fingerprint density at radius 1 is 1.24 bits per heavy atom. The van der Waals surface area contributed by atoms with Gasteiger partial charge in [-0.25, -0.2) is 0 Å². The number of aliphatic hydroxyl groups excluding tert-OH is 1. The van der Waals surface area contributed by atoms with Crippen LogP contribution in [-0.2, 0) is 16.0 Å². The molecule has 2 amide bonds. The van der Waals surface area contributed by atoms with Crippen LogP contribution >= 0.6 is 0 Å². The van der Waals surface area contributed by atoms with E-state index in [2.05, 4.69) is 11.8 Å². The Morgan fingerprint density at radius 3 is 2.57 bits per heavy atom. The molecule has 1 aliphatic heterocycles. The maximum Gasteiger partial charge on any atom is 0.233 e. The highest BCUT2D eigenvalue weighted by Gasteiger charge is 2.28. The summed E-state index contributed by atoms with van der Waals surface area (Å²) in [5.41, 5.74) is 2.45. The van der Waals surface area contributed by atoms with Gasteiger partial charge in [-0.15, -0.1) is 0 Å². The molecule has 0 atom stereocenters. The van der Waals surface area contributed by atoms with Crippen molar-refractivity contribution < 1.29 is 14.7 Å². The standard InChI is InChI=1S/C17H19NO3/c1-2-14-12-13(6-3-4-11-19)9-10-15(14)18-16(20)7-5-8-17(18)21/h9-10,12,19H,2,4-5,7-8,11H2,1H3. The van der Waals surface area contributed by atoms with Gasteiger partial charge in [0.05, 0.1) is 12.3 Å². The van der Waals surface area contributed by atoms with Gasteiger partial charge in [-0.2, -0.15) is 0 Å². The lowest BCUT2D eigenvalue weighted by Gasteiger charge is -2.26. The molecule has 110 valence electrons. The van der Waals surface area contributed by atoms with Crippen molar-refractivity contribution in [1.82, 2.24) is 0 Å². The fraction of sp³-hybridized carbons (Fsp3) is 0.412. The molecular formula is C17H19NO3. The molecule has 0 spiro atoms.